The van der Waals surface area contributed by atoms with Crippen LogP contribution in [0.4, 0.5) is 0 Å². The summed E-state index contributed by atoms with van der Waals surface area (Å²) >= 11 is 1.15. The second-order valence-electron chi connectivity index (χ2n) is 5.56. The summed E-state index contributed by atoms with van der Waals surface area (Å²) in [5, 5.41) is 9.08. The Morgan fingerprint density at radius 1 is 1.28 bits per heavy atom. The van der Waals surface area contributed by atoms with Gasteiger partial charge in [0.1, 0.15) is 17.3 Å². The van der Waals surface area contributed by atoms with Gasteiger partial charge in [-0.2, -0.15) is 0 Å². The molecule has 1 aromatic carbocycles. The highest BCUT2D eigenvalue weighted by atomic mass is 32.2. The topological polar surface area (TPSA) is 101 Å². The van der Waals surface area contributed by atoms with Crippen molar-refractivity contribution in [3.8, 4) is 0 Å². The van der Waals surface area contributed by atoms with Crippen LogP contribution in [0.15, 0.2) is 49.8 Å². The number of H-pyrrole nitrogens is 1. The number of benzene rings is 1. The molecule has 0 fully saturated rings. The van der Waals surface area contributed by atoms with Gasteiger partial charge in [-0.1, -0.05) is 43.8 Å². The van der Waals surface area contributed by atoms with Gasteiger partial charge in [-0.15, -0.1) is 0 Å². The van der Waals surface area contributed by atoms with Gasteiger partial charge in [-0.25, -0.2) is 4.79 Å². The van der Waals surface area contributed by atoms with Gasteiger partial charge in [0.15, 0.2) is 5.78 Å². The number of aromatic nitrogens is 2. The Kier molecular flexibility index (Phi) is 6.74. The molecule has 0 spiro atoms. The molecular formula is C17H20N2O5S. The molecule has 0 amide bonds. The van der Waals surface area contributed by atoms with Gasteiger partial charge in [-0.05, 0) is 12.1 Å². The molecule has 0 unspecified atom stereocenters. The number of ether oxygens (including phenoxy) is 1. The summed E-state index contributed by atoms with van der Waals surface area (Å²) in [7, 11) is 0. The minimum atomic E-state index is -0.708. The van der Waals surface area contributed by atoms with Crippen molar-refractivity contribution in [1.29, 1.82) is 0 Å². The first kappa shape index (κ1) is 19.2. The summed E-state index contributed by atoms with van der Waals surface area (Å²) in [5.74, 6) is -0.754. The number of carbonyl (C=O) groups is 1. The first-order valence-electron chi connectivity index (χ1n) is 7.78. The van der Waals surface area contributed by atoms with Gasteiger partial charge in [0.25, 0.3) is 5.56 Å². The zero-order chi connectivity index (χ0) is 18.4. The molecule has 0 aliphatic rings. The third kappa shape index (κ3) is 4.68. The first-order valence-corrected chi connectivity index (χ1v) is 8.60. The predicted octanol–water partition coefficient (Wildman–Crippen LogP) is 1.49. The highest BCUT2D eigenvalue weighted by molar-refractivity contribution is 7.99. The molecule has 0 aliphatic carbocycles. The van der Waals surface area contributed by atoms with E-state index in [-0.39, 0.29) is 36.3 Å². The first-order chi connectivity index (χ1) is 12.0. The monoisotopic (exact) mass is 364 g/mol. The van der Waals surface area contributed by atoms with E-state index >= 15 is 0 Å². The fourth-order valence-corrected chi connectivity index (χ4v) is 3.16. The molecule has 1 heterocycles. The van der Waals surface area contributed by atoms with E-state index < -0.39 is 17.2 Å². The maximum absolute atomic E-state index is 12.5. The van der Waals surface area contributed by atoms with Gasteiger partial charge in [0, 0.05) is 10.8 Å². The molecule has 7 nitrogen and oxygen atoms in total. The van der Waals surface area contributed by atoms with Crippen molar-refractivity contribution >= 4 is 17.5 Å². The van der Waals surface area contributed by atoms with Crippen molar-refractivity contribution < 1.29 is 14.6 Å². The molecule has 0 radical (unpaired) electrons. The lowest BCUT2D eigenvalue weighted by Gasteiger charge is -2.16. The molecule has 1 aromatic heterocycles. The number of nitrogens with one attached hydrogen (secondary N) is 1. The molecule has 0 bridgehead atoms. The molecule has 134 valence electrons. The summed E-state index contributed by atoms with van der Waals surface area (Å²) in [4.78, 5) is 40.0. The Bertz CT molecular complexity index is 842. The maximum Gasteiger partial charge on any atom is 0.331 e. The number of hydrogen-bond acceptors (Lipinski definition) is 6. The normalized spacial score (nSPS) is 11.0. The Labute approximate surface area is 148 Å². The molecule has 0 saturated heterocycles. The minimum absolute atomic E-state index is 0.0362. The van der Waals surface area contributed by atoms with Crippen molar-refractivity contribution in [1.82, 2.24) is 9.55 Å². The summed E-state index contributed by atoms with van der Waals surface area (Å²) < 4.78 is 6.43. The summed E-state index contributed by atoms with van der Waals surface area (Å²) in [6, 6.07) is 9.13. The largest absolute Gasteiger partial charge is 0.394 e. The van der Waals surface area contributed by atoms with E-state index in [4.69, 9.17) is 9.84 Å². The number of aliphatic hydroxyl groups is 1. The Balaban J connectivity index is 2.61. The van der Waals surface area contributed by atoms with Crippen molar-refractivity contribution in [2.24, 2.45) is 5.92 Å². The number of carbonyl (C=O) groups excluding carboxylic acids is 1. The lowest BCUT2D eigenvalue weighted by molar-refractivity contribution is 0.0409. The van der Waals surface area contributed by atoms with Crippen molar-refractivity contribution in [2.75, 3.05) is 13.2 Å². The zero-order valence-corrected chi connectivity index (χ0v) is 14.8. The summed E-state index contributed by atoms with van der Waals surface area (Å²) in [6.45, 7) is 3.04. The second-order valence-corrected chi connectivity index (χ2v) is 6.62. The van der Waals surface area contributed by atoms with Crippen molar-refractivity contribution in [3.05, 3.63) is 56.7 Å². The van der Waals surface area contributed by atoms with Gasteiger partial charge in [0.2, 0.25) is 0 Å². The van der Waals surface area contributed by atoms with E-state index in [1.807, 2.05) is 30.3 Å². The number of Topliss-reactive ketones (excluding diaryl/α,β-unsaturated/α-hetero) is 1. The number of aliphatic hydroxyl groups excluding tert-OH is 1. The number of hydrogen-bond donors (Lipinski definition) is 2. The molecule has 0 atom stereocenters. The Hall–Kier alpha value is -2.16. The maximum atomic E-state index is 12.5. The molecular weight excluding hydrogens is 344 g/mol. The van der Waals surface area contributed by atoms with E-state index in [9.17, 15) is 14.4 Å². The van der Waals surface area contributed by atoms with Gasteiger partial charge in [0.05, 0.1) is 13.2 Å². The Morgan fingerprint density at radius 3 is 2.56 bits per heavy atom. The van der Waals surface area contributed by atoms with Crippen LogP contribution < -0.4 is 11.2 Å². The van der Waals surface area contributed by atoms with E-state index in [2.05, 4.69) is 4.98 Å². The Morgan fingerprint density at radius 2 is 1.96 bits per heavy atom. The molecule has 2 rings (SSSR count). The van der Waals surface area contributed by atoms with E-state index in [0.717, 1.165) is 16.7 Å². The van der Waals surface area contributed by atoms with E-state index in [1.165, 1.54) is 4.57 Å². The van der Waals surface area contributed by atoms with Crippen LogP contribution >= 0.6 is 11.8 Å². The molecule has 8 heteroatoms. The van der Waals surface area contributed by atoms with Crippen LogP contribution in [-0.2, 0) is 11.5 Å². The summed E-state index contributed by atoms with van der Waals surface area (Å²) in [6.07, 6.45) is 0. The highest BCUT2D eigenvalue weighted by Gasteiger charge is 2.24. The van der Waals surface area contributed by atoms with Gasteiger partial charge < -0.3 is 9.84 Å². The summed E-state index contributed by atoms with van der Waals surface area (Å²) in [5.41, 5.74) is -1.43. The third-order valence-electron chi connectivity index (χ3n) is 3.34. The van der Waals surface area contributed by atoms with Crippen LogP contribution in [0, 0.1) is 5.92 Å². The lowest BCUT2D eigenvalue weighted by atomic mass is 10.0. The van der Waals surface area contributed by atoms with E-state index in [1.54, 1.807) is 13.8 Å². The third-order valence-corrected chi connectivity index (χ3v) is 4.46. The number of rotatable bonds is 8. The molecule has 25 heavy (non-hydrogen) atoms. The number of ketones is 1. The highest BCUT2D eigenvalue weighted by Crippen LogP contribution is 2.29. The van der Waals surface area contributed by atoms with Crippen LogP contribution in [0.2, 0.25) is 0 Å². The van der Waals surface area contributed by atoms with Crippen molar-refractivity contribution in [3.63, 3.8) is 0 Å². The average molecular weight is 364 g/mol. The smallest absolute Gasteiger partial charge is 0.331 e. The molecule has 0 saturated carbocycles. The van der Waals surface area contributed by atoms with Crippen LogP contribution in [0.5, 0.6) is 0 Å². The van der Waals surface area contributed by atoms with Crippen LogP contribution in [0.3, 0.4) is 0 Å². The number of aromatic amines is 1. The van der Waals surface area contributed by atoms with Gasteiger partial charge >= 0.3 is 5.69 Å². The predicted molar refractivity (Wildman–Crippen MR) is 94.1 cm³/mol. The molecule has 2 N–H and O–H groups in total. The minimum Gasteiger partial charge on any atom is -0.394 e. The van der Waals surface area contributed by atoms with Crippen LogP contribution in [-0.4, -0.2) is 33.7 Å². The van der Waals surface area contributed by atoms with Gasteiger partial charge in [-0.3, -0.25) is 19.1 Å². The fraction of sp³-hybridized carbons (Fsp3) is 0.353. The molecule has 0 aliphatic heterocycles. The van der Waals surface area contributed by atoms with Crippen LogP contribution in [0.1, 0.15) is 24.2 Å². The SMILES string of the molecule is CC(C)C(=O)c1c(Sc2ccccc2)n(COCCO)c(=O)[nH]c1=O. The fourth-order valence-electron chi connectivity index (χ4n) is 2.10. The zero-order valence-electron chi connectivity index (χ0n) is 14.0. The lowest BCUT2D eigenvalue weighted by Crippen LogP contribution is -2.37. The second kappa shape index (κ2) is 8.80. The standard InChI is InChI=1S/C17H20N2O5S/c1-11(2)14(21)13-15(22)18-17(23)19(10-24-9-8-20)16(13)25-12-6-4-3-5-7-12/h3-7,11,20H,8-10H2,1-2H3,(H,18,22,23). The van der Waals surface area contributed by atoms with Crippen LogP contribution in [0.25, 0.3) is 0 Å². The average Bonchev–Trinajstić information content (AvgIpc) is 2.58. The quantitative estimate of drug-likeness (QED) is 0.418. The van der Waals surface area contributed by atoms with Crippen molar-refractivity contribution in [2.45, 2.75) is 30.5 Å². The number of nitrogens with zero attached hydrogens (tertiary/aromatic N) is 1. The molecule has 2 aromatic rings. The van der Waals surface area contributed by atoms with E-state index in [0.29, 0.717) is 0 Å².